The van der Waals surface area contributed by atoms with Gasteiger partial charge in [-0.1, -0.05) is 48.9 Å². The topological polar surface area (TPSA) is 50.5 Å². The second kappa shape index (κ2) is 7.87. The Hall–Kier alpha value is -3.87. The summed E-state index contributed by atoms with van der Waals surface area (Å²) in [5.74, 6) is -0.804. The molecule has 4 aromatic rings. The maximum absolute atomic E-state index is 13.6. The van der Waals surface area contributed by atoms with Crippen molar-refractivity contribution in [2.24, 2.45) is 0 Å². The summed E-state index contributed by atoms with van der Waals surface area (Å²) in [6.07, 6.45) is -3.78. The van der Waals surface area contributed by atoms with E-state index in [9.17, 15) is 22.8 Å². The maximum Gasteiger partial charge on any atom is 0.416 e. The number of carbonyl (C=O) groups excluding carboxylic acids is 1. The molecule has 1 amide bonds. The highest BCUT2D eigenvalue weighted by atomic mass is 19.4. The van der Waals surface area contributed by atoms with Crippen LogP contribution >= 0.6 is 0 Å². The largest absolute Gasteiger partial charge is 0.450 e. The number of alkyl halides is 3. The van der Waals surface area contributed by atoms with E-state index in [1.54, 1.807) is 30.3 Å². The first kappa shape index (κ1) is 21.9. The molecule has 5 rings (SSSR count). The van der Waals surface area contributed by atoms with E-state index < -0.39 is 23.7 Å². The van der Waals surface area contributed by atoms with Crippen LogP contribution in [0.15, 0.2) is 75.9 Å². The van der Waals surface area contributed by atoms with Gasteiger partial charge in [-0.15, -0.1) is 0 Å². The number of nitrogens with zero attached hydrogens (tertiary/aromatic N) is 1. The Balaban J connectivity index is 1.78. The molecule has 0 aliphatic carbocycles. The minimum Gasteiger partial charge on any atom is -0.450 e. The fourth-order valence-electron chi connectivity index (χ4n) is 4.44. The van der Waals surface area contributed by atoms with Crippen molar-refractivity contribution in [3.05, 3.63) is 111 Å². The third-order valence-electron chi connectivity index (χ3n) is 6.18. The summed E-state index contributed by atoms with van der Waals surface area (Å²) in [7, 11) is 0. The highest BCUT2D eigenvalue weighted by Crippen LogP contribution is 2.42. The van der Waals surface area contributed by atoms with Gasteiger partial charge in [-0.3, -0.25) is 14.5 Å². The van der Waals surface area contributed by atoms with E-state index >= 15 is 0 Å². The van der Waals surface area contributed by atoms with Crippen LogP contribution in [0.2, 0.25) is 0 Å². The number of hydrogen-bond acceptors (Lipinski definition) is 3. The van der Waals surface area contributed by atoms with Gasteiger partial charge >= 0.3 is 6.18 Å². The molecule has 0 spiro atoms. The lowest BCUT2D eigenvalue weighted by Gasteiger charge is -2.26. The van der Waals surface area contributed by atoms with Gasteiger partial charge in [0.2, 0.25) is 5.76 Å². The van der Waals surface area contributed by atoms with Gasteiger partial charge in [0.15, 0.2) is 5.43 Å². The van der Waals surface area contributed by atoms with Crippen LogP contribution in [0.1, 0.15) is 51.3 Å². The SMILES string of the molecule is CCc1ccc(C2c3c(oc4ccc(C)cc4c3=O)C(=O)N2c2cccc(C(F)(F)F)c2)cc1. The Labute approximate surface area is 193 Å². The molecule has 1 aromatic heterocycles. The van der Waals surface area contributed by atoms with Crippen LogP contribution in [0.3, 0.4) is 0 Å². The smallest absolute Gasteiger partial charge is 0.416 e. The molecule has 7 heteroatoms. The second-order valence-corrected chi connectivity index (χ2v) is 8.39. The zero-order valence-corrected chi connectivity index (χ0v) is 18.4. The molecule has 3 aromatic carbocycles. The average Bonchev–Trinajstić information content (AvgIpc) is 3.11. The van der Waals surface area contributed by atoms with Crippen LogP contribution in [0.4, 0.5) is 18.9 Å². The molecule has 1 aliphatic heterocycles. The Morgan fingerprint density at radius 2 is 1.71 bits per heavy atom. The first-order valence-corrected chi connectivity index (χ1v) is 10.9. The lowest BCUT2D eigenvalue weighted by atomic mass is 9.96. The highest BCUT2D eigenvalue weighted by molar-refractivity contribution is 6.10. The first-order valence-electron chi connectivity index (χ1n) is 10.9. The third-order valence-corrected chi connectivity index (χ3v) is 6.18. The Bertz CT molecular complexity index is 1490. The molecule has 1 atom stereocenters. The number of rotatable bonds is 3. The van der Waals surface area contributed by atoms with Crippen molar-refractivity contribution in [3.8, 4) is 0 Å². The summed E-state index contributed by atoms with van der Waals surface area (Å²) in [6, 6.07) is 16.1. The molecular formula is C27H20F3NO3. The van der Waals surface area contributed by atoms with Gasteiger partial charge in [0.1, 0.15) is 5.58 Å². The molecule has 0 N–H and O–H groups in total. The van der Waals surface area contributed by atoms with Crippen molar-refractivity contribution in [1.29, 1.82) is 0 Å². The van der Waals surface area contributed by atoms with Gasteiger partial charge in [-0.05, 0) is 54.8 Å². The molecule has 0 saturated carbocycles. The van der Waals surface area contributed by atoms with Gasteiger partial charge in [-0.25, -0.2) is 0 Å². The fraction of sp³-hybridized carbons (Fsp3) is 0.185. The van der Waals surface area contributed by atoms with E-state index in [1.807, 2.05) is 26.0 Å². The minimum absolute atomic E-state index is 0.0374. The zero-order valence-electron chi connectivity index (χ0n) is 18.4. The maximum atomic E-state index is 13.6. The minimum atomic E-state index is -4.58. The van der Waals surface area contributed by atoms with E-state index in [1.165, 1.54) is 17.0 Å². The van der Waals surface area contributed by atoms with E-state index in [4.69, 9.17) is 4.42 Å². The van der Waals surface area contributed by atoms with Gasteiger partial charge in [0.05, 0.1) is 22.6 Å². The number of anilines is 1. The van der Waals surface area contributed by atoms with Gasteiger partial charge < -0.3 is 4.42 Å². The van der Waals surface area contributed by atoms with Crippen LogP contribution in [0.25, 0.3) is 11.0 Å². The number of amides is 1. The molecule has 0 fully saturated rings. The van der Waals surface area contributed by atoms with Crippen molar-refractivity contribution in [1.82, 2.24) is 0 Å². The number of aryl methyl sites for hydroxylation is 2. The van der Waals surface area contributed by atoms with Gasteiger partial charge in [0, 0.05) is 5.69 Å². The average molecular weight is 463 g/mol. The molecule has 4 nitrogen and oxygen atoms in total. The van der Waals surface area contributed by atoms with Crippen LogP contribution in [-0.2, 0) is 12.6 Å². The quantitative estimate of drug-likeness (QED) is 0.352. The number of carbonyl (C=O) groups is 1. The molecule has 0 bridgehead atoms. The molecule has 34 heavy (non-hydrogen) atoms. The van der Waals surface area contributed by atoms with Crippen LogP contribution < -0.4 is 10.3 Å². The fourth-order valence-corrected chi connectivity index (χ4v) is 4.44. The number of halogens is 3. The Morgan fingerprint density at radius 1 is 0.971 bits per heavy atom. The predicted octanol–water partition coefficient (Wildman–Crippen LogP) is 6.43. The van der Waals surface area contributed by atoms with Crippen molar-refractivity contribution >= 4 is 22.6 Å². The number of fused-ring (bicyclic) bond motifs is 2. The molecule has 0 saturated heterocycles. The predicted molar refractivity (Wildman–Crippen MR) is 123 cm³/mol. The zero-order chi connectivity index (χ0) is 24.2. The van der Waals surface area contributed by atoms with E-state index in [0.29, 0.717) is 10.9 Å². The summed E-state index contributed by atoms with van der Waals surface area (Å²) < 4.78 is 46.2. The van der Waals surface area contributed by atoms with E-state index in [2.05, 4.69) is 0 Å². The second-order valence-electron chi connectivity index (χ2n) is 8.39. The van der Waals surface area contributed by atoms with Gasteiger partial charge in [-0.2, -0.15) is 13.2 Å². The molecule has 172 valence electrons. The van der Waals surface area contributed by atoms with E-state index in [0.717, 1.165) is 29.7 Å². The van der Waals surface area contributed by atoms with Gasteiger partial charge in [0.25, 0.3) is 5.91 Å². The monoisotopic (exact) mass is 463 g/mol. The summed E-state index contributed by atoms with van der Waals surface area (Å²) in [4.78, 5) is 28.4. The summed E-state index contributed by atoms with van der Waals surface area (Å²) >= 11 is 0. The van der Waals surface area contributed by atoms with Crippen LogP contribution in [0.5, 0.6) is 0 Å². The lowest BCUT2D eigenvalue weighted by Crippen LogP contribution is -2.29. The molecule has 1 unspecified atom stereocenters. The molecular weight excluding hydrogens is 443 g/mol. The molecule has 0 radical (unpaired) electrons. The molecule has 2 heterocycles. The first-order chi connectivity index (χ1) is 16.2. The van der Waals surface area contributed by atoms with Crippen molar-refractivity contribution < 1.29 is 22.4 Å². The summed E-state index contributed by atoms with van der Waals surface area (Å²) in [5.41, 5.74) is 1.69. The number of hydrogen-bond donors (Lipinski definition) is 0. The van der Waals surface area contributed by atoms with Crippen LogP contribution in [0, 0.1) is 6.92 Å². The molecule has 1 aliphatic rings. The Morgan fingerprint density at radius 3 is 2.38 bits per heavy atom. The number of benzene rings is 3. The van der Waals surface area contributed by atoms with Crippen molar-refractivity contribution in [2.45, 2.75) is 32.5 Å². The normalized spacial score (nSPS) is 15.7. The third kappa shape index (κ3) is 3.48. The van der Waals surface area contributed by atoms with E-state index in [-0.39, 0.29) is 28.0 Å². The van der Waals surface area contributed by atoms with Crippen LogP contribution in [-0.4, -0.2) is 5.91 Å². The lowest BCUT2D eigenvalue weighted by molar-refractivity contribution is -0.137. The highest BCUT2D eigenvalue weighted by Gasteiger charge is 2.44. The van der Waals surface area contributed by atoms with Crippen molar-refractivity contribution in [3.63, 3.8) is 0 Å². The van der Waals surface area contributed by atoms with Crippen molar-refractivity contribution in [2.75, 3.05) is 4.90 Å². The Kier molecular flexibility index (Phi) is 5.08. The summed E-state index contributed by atoms with van der Waals surface area (Å²) in [5, 5.41) is 0.327. The standard InChI is InChI=1S/C27H20F3NO3/c1-3-16-8-10-17(11-9-16)23-22-24(32)20-13-15(2)7-12-21(20)34-25(22)26(33)31(23)19-6-4-5-18(14-19)27(28,29)30/h4-14,23H,3H2,1-2H3. The summed E-state index contributed by atoms with van der Waals surface area (Å²) in [6.45, 7) is 3.84.